The monoisotopic (exact) mass is 352 g/mol. The van der Waals surface area contributed by atoms with Crippen molar-refractivity contribution in [1.82, 2.24) is 0 Å². The first-order chi connectivity index (χ1) is 7.54. The molecule has 94 valence electrons. The fraction of sp³-hybridized carbons (Fsp3) is 0.846. The minimum absolute atomic E-state index is 0.0365. The van der Waals surface area contributed by atoms with Crippen LogP contribution in [0.2, 0.25) is 18.1 Å². The van der Waals surface area contributed by atoms with Gasteiger partial charge in [0.1, 0.15) is 0 Å². The van der Waals surface area contributed by atoms with Crippen molar-refractivity contribution < 1.29 is 4.43 Å². The molecule has 16 heavy (non-hydrogen) atoms. The van der Waals surface area contributed by atoms with Gasteiger partial charge in [0.2, 0.25) is 0 Å². The van der Waals surface area contributed by atoms with Crippen LogP contribution in [-0.4, -0.2) is 13.9 Å². The van der Waals surface area contributed by atoms with E-state index < -0.39 is 8.32 Å². The van der Waals surface area contributed by atoms with Crippen molar-refractivity contribution in [3.8, 4) is 0 Å². The number of rotatable bonds is 6. The van der Waals surface area contributed by atoms with Gasteiger partial charge in [0, 0.05) is 3.58 Å². The molecule has 0 aromatic carbocycles. The van der Waals surface area contributed by atoms with Gasteiger partial charge < -0.3 is 4.43 Å². The van der Waals surface area contributed by atoms with Crippen LogP contribution in [0.3, 0.4) is 0 Å². The van der Waals surface area contributed by atoms with Gasteiger partial charge in [-0.05, 0) is 53.6 Å². The molecule has 0 unspecified atom stereocenters. The first kappa shape index (κ1) is 14.7. The van der Waals surface area contributed by atoms with Crippen molar-refractivity contribution in [2.24, 2.45) is 0 Å². The summed E-state index contributed by atoms with van der Waals surface area (Å²) >= 11 is 2.39. The third kappa shape index (κ3) is 2.90. The van der Waals surface area contributed by atoms with E-state index in [0.717, 1.165) is 0 Å². The first-order valence-corrected chi connectivity index (χ1v) is 10.2. The summed E-state index contributed by atoms with van der Waals surface area (Å²) in [5.41, 5.74) is 0.0365. The molecule has 1 rings (SSSR count). The minimum Gasteiger partial charge on any atom is -0.407 e. The van der Waals surface area contributed by atoms with Gasteiger partial charge in [0.25, 0.3) is 0 Å². The molecule has 1 saturated carbocycles. The Morgan fingerprint density at radius 1 is 1.19 bits per heavy atom. The van der Waals surface area contributed by atoms with Gasteiger partial charge in [0.15, 0.2) is 8.32 Å². The summed E-state index contributed by atoms with van der Waals surface area (Å²) in [6.45, 7) is 11.1. The average molecular weight is 352 g/mol. The summed E-state index contributed by atoms with van der Waals surface area (Å²) in [5.74, 6) is 0. The molecule has 1 fully saturated rings. The van der Waals surface area contributed by atoms with Crippen LogP contribution in [0, 0.1) is 0 Å². The molecule has 0 saturated heterocycles. The molecule has 0 heterocycles. The molecule has 0 atom stereocenters. The largest absolute Gasteiger partial charge is 0.407 e. The van der Waals surface area contributed by atoms with Gasteiger partial charge in [-0.3, -0.25) is 0 Å². The van der Waals surface area contributed by atoms with E-state index in [1.54, 1.807) is 0 Å². The quantitative estimate of drug-likeness (QED) is 0.467. The highest BCUT2D eigenvalue weighted by Gasteiger charge is 2.43. The van der Waals surface area contributed by atoms with Gasteiger partial charge in [-0.1, -0.05) is 40.2 Å². The predicted octanol–water partition coefficient (Wildman–Crippen LogP) is 5.27. The lowest BCUT2D eigenvalue weighted by Crippen LogP contribution is -2.46. The van der Waals surface area contributed by atoms with Crippen molar-refractivity contribution in [1.29, 1.82) is 0 Å². The highest BCUT2D eigenvalue weighted by atomic mass is 127. The highest BCUT2D eigenvalue weighted by Crippen LogP contribution is 2.44. The van der Waals surface area contributed by atoms with Crippen molar-refractivity contribution in [3.63, 3.8) is 0 Å². The van der Waals surface area contributed by atoms with Crippen molar-refractivity contribution in [2.45, 2.75) is 70.2 Å². The van der Waals surface area contributed by atoms with Crippen LogP contribution in [-0.2, 0) is 4.43 Å². The second kappa shape index (κ2) is 6.00. The van der Waals surface area contributed by atoms with Crippen LogP contribution < -0.4 is 0 Å². The Balaban J connectivity index is 2.85. The fourth-order valence-corrected chi connectivity index (χ4v) is 6.70. The molecule has 3 heteroatoms. The summed E-state index contributed by atoms with van der Waals surface area (Å²) in [6.07, 6.45) is 5.01. The standard InChI is InChI=1S/C13H25IOSi/c1-5-16(6-2,7-3)15-13(12(4)14)10-8-9-11-13/h4-11H2,1-3H3. The van der Waals surface area contributed by atoms with E-state index in [1.165, 1.54) is 47.4 Å². The van der Waals surface area contributed by atoms with Crippen LogP contribution in [0.4, 0.5) is 0 Å². The number of hydrogen-bond acceptors (Lipinski definition) is 1. The lowest BCUT2D eigenvalue weighted by Gasteiger charge is -2.40. The second-order valence-electron chi connectivity index (χ2n) is 4.95. The summed E-state index contributed by atoms with van der Waals surface area (Å²) in [4.78, 5) is 0. The van der Waals surface area contributed by atoms with E-state index in [1.807, 2.05) is 0 Å². The zero-order valence-corrected chi connectivity index (χ0v) is 14.1. The Bertz CT molecular complexity index is 234. The maximum Gasteiger partial charge on any atom is 0.193 e. The molecule has 0 bridgehead atoms. The highest BCUT2D eigenvalue weighted by molar-refractivity contribution is 14.1. The van der Waals surface area contributed by atoms with E-state index in [2.05, 4.69) is 49.9 Å². The lowest BCUT2D eigenvalue weighted by molar-refractivity contribution is 0.112. The molecular weight excluding hydrogens is 327 g/mol. The fourth-order valence-electron chi connectivity index (χ4n) is 2.76. The predicted molar refractivity (Wildman–Crippen MR) is 82.6 cm³/mol. The Morgan fingerprint density at radius 3 is 1.94 bits per heavy atom. The average Bonchev–Trinajstić information content (AvgIpc) is 2.76. The normalized spacial score (nSPS) is 20.0. The van der Waals surface area contributed by atoms with E-state index in [-0.39, 0.29) is 5.60 Å². The number of hydrogen-bond donors (Lipinski definition) is 0. The number of halogens is 1. The van der Waals surface area contributed by atoms with E-state index in [9.17, 15) is 0 Å². The maximum atomic E-state index is 6.73. The molecule has 0 N–H and O–H groups in total. The third-order valence-corrected chi connectivity index (χ3v) is 9.92. The van der Waals surface area contributed by atoms with Crippen LogP contribution in [0.25, 0.3) is 0 Å². The molecule has 0 spiro atoms. The minimum atomic E-state index is -1.48. The van der Waals surface area contributed by atoms with Crippen molar-refractivity contribution in [2.75, 3.05) is 0 Å². The van der Waals surface area contributed by atoms with Crippen LogP contribution in [0.5, 0.6) is 0 Å². The molecule has 0 amide bonds. The SMILES string of the molecule is C=C(I)C1(O[Si](CC)(CC)CC)CCCC1. The summed E-state index contributed by atoms with van der Waals surface area (Å²) < 4.78 is 7.96. The Morgan fingerprint density at radius 2 is 1.62 bits per heavy atom. The maximum absolute atomic E-state index is 6.73. The van der Waals surface area contributed by atoms with Crippen LogP contribution in [0.1, 0.15) is 46.5 Å². The van der Waals surface area contributed by atoms with E-state index in [4.69, 9.17) is 4.43 Å². The summed E-state index contributed by atoms with van der Waals surface area (Å²) in [5, 5.41) is 0. The van der Waals surface area contributed by atoms with Crippen molar-refractivity contribution >= 4 is 30.9 Å². The molecule has 0 aromatic heterocycles. The molecule has 0 aromatic rings. The summed E-state index contributed by atoms with van der Waals surface area (Å²) in [7, 11) is -1.48. The summed E-state index contributed by atoms with van der Waals surface area (Å²) in [6, 6.07) is 3.73. The molecule has 1 nitrogen and oxygen atoms in total. The second-order valence-corrected chi connectivity index (χ2v) is 10.9. The van der Waals surface area contributed by atoms with E-state index in [0.29, 0.717) is 0 Å². The van der Waals surface area contributed by atoms with E-state index >= 15 is 0 Å². The topological polar surface area (TPSA) is 9.23 Å². The van der Waals surface area contributed by atoms with Crippen molar-refractivity contribution in [3.05, 3.63) is 10.2 Å². The zero-order valence-electron chi connectivity index (χ0n) is 10.9. The zero-order chi connectivity index (χ0) is 12.2. The lowest BCUT2D eigenvalue weighted by atomic mass is 10.0. The molecule has 0 radical (unpaired) electrons. The van der Waals surface area contributed by atoms with Gasteiger partial charge in [0.05, 0.1) is 5.60 Å². The molecule has 1 aliphatic rings. The third-order valence-electron chi connectivity index (χ3n) is 4.25. The molecule has 0 aliphatic heterocycles. The first-order valence-electron chi connectivity index (χ1n) is 6.59. The van der Waals surface area contributed by atoms with Gasteiger partial charge in [-0.15, -0.1) is 0 Å². The van der Waals surface area contributed by atoms with Gasteiger partial charge in [-0.2, -0.15) is 0 Å². The van der Waals surface area contributed by atoms with Crippen LogP contribution in [0.15, 0.2) is 10.2 Å². The Hall–Kier alpha value is 0.647. The molecular formula is C13H25IOSi. The molecule has 1 aliphatic carbocycles. The van der Waals surface area contributed by atoms with Gasteiger partial charge >= 0.3 is 0 Å². The van der Waals surface area contributed by atoms with Crippen LogP contribution >= 0.6 is 22.6 Å². The van der Waals surface area contributed by atoms with Gasteiger partial charge in [-0.25, -0.2) is 0 Å². The smallest absolute Gasteiger partial charge is 0.193 e. The Labute approximate surface area is 115 Å². The Kier molecular flexibility index (Phi) is 5.52.